The Morgan fingerprint density at radius 3 is 2.78 bits per heavy atom. The maximum absolute atomic E-state index is 11.9. The summed E-state index contributed by atoms with van der Waals surface area (Å²) < 4.78 is 5.65. The van der Waals surface area contributed by atoms with Gasteiger partial charge in [-0.25, -0.2) is 0 Å². The summed E-state index contributed by atoms with van der Waals surface area (Å²) in [7, 11) is 1.86. The maximum atomic E-state index is 11.9. The van der Waals surface area contributed by atoms with Crippen LogP contribution >= 0.6 is 0 Å². The number of amides is 1. The van der Waals surface area contributed by atoms with E-state index in [0.717, 1.165) is 37.5 Å². The number of ether oxygens (including phenoxy) is 1. The Bertz CT molecular complexity index is 542. The fourth-order valence-electron chi connectivity index (χ4n) is 6.50. The Morgan fingerprint density at radius 1 is 1.17 bits per heavy atom. The summed E-state index contributed by atoms with van der Waals surface area (Å²) in [6.07, 6.45) is 12.0. The molecule has 0 radical (unpaired) electrons. The molecule has 3 aliphatic carbocycles. The van der Waals surface area contributed by atoms with Gasteiger partial charge in [0.2, 0.25) is 5.91 Å². The van der Waals surface area contributed by atoms with E-state index in [-0.39, 0.29) is 11.4 Å². The fourth-order valence-corrected chi connectivity index (χ4v) is 6.50. The lowest BCUT2D eigenvalue weighted by Crippen LogP contribution is -2.62. The predicted molar refractivity (Wildman–Crippen MR) is 90.9 cm³/mol. The molecule has 1 aliphatic heterocycles. The molecule has 0 spiro atoms. The van der Waals surface area contributed by atoms with E-state index in [1.54, 1.807) is 5.57 Å². The van der Waals surface area contributed by atoms with Crippen molar-refractivity contribution in [2.75, 3.05) is 7.11 Å². The lowest BCUT2D eigenvalue weighted by molar-refractivity contribution is -0.131. The molecule has 1 amide bonds. The van der Waals surface area contributed by atoms with Crippen molar-refractivity contribution < 1.29 is 9.53 Å². The zero-order chi connectivity index (χ0) is 16.2. The Morgan fingerprint density at radius 2 is 2.00 bits per heavy atom. The average molecular weight is 317 g/mol. The third-order valence-corrected chi connectivity index (χ3v) is 7.89. The molecule has 23 heavy (non-hydrogen) atoms. The number of rotatable bonds is 1. The zero-order valence-electron chi connectivity index (χ0n) is 14.9. The molecule has 1 N–H and O–H groups in total. The number of hydrogen-bond donors (Lipinski definition) is 1. The van der Waals surface area contributed by atoms with Crippen molar-refractivity contribution >= 4 is 5.91 Å². The quantitative estimate of drug-likeness (QED) is 0.746. The summed E-state index contributed by atoms with van der Waals surface area (Å²) in [5.74, 6) is 2.48. The second-order valence-corrected chi connectivity index (χ2v) is 8.90. The molecule has 0 aromatic rings. The third kappa shape index (κ3) is 2.30. The highest BCUT2D eigenvalue weighted by Gasteiger charge is 2.55. The van der Waals surface area contributed by atoms with Crippen LogP contribution in [-0.2, 0) is 9.53 Å². The van der Waals surface area contributed by atoms with Crippen molar-refractivity contribution in [2.45, 2.75) is 76.9 Å². The SMILES string of the molecule is COC1CCC2(C)C(=CCC3C4CCC(=O)NC4(C)CCC32)C1. The number of methoxy groups -OCH3 is 1. The molecule has 6 atom stereocenters. The highest BCUT2D eigenvalue weighted by atomic mass is 16.5. The number of allylic oxidation sites excluding steroid dienone is 1. The van der Waals surface area contributed by atoms with Gasteiger partial charge >= 0.3 is 0 Å². The van der Waals surface area contributed by atoms with Crippen molar-refractivity contribution in [2.24, 2.45) is 23.2 Å². The Balaban J connectivity index is 1.63. The Labute approximate surface area is 140 Å². The first-order valence-electron chi connectivity index (χ1n) is 9.49. The summed E-state index contributed by atoms with van der Waals surface area (Å²) in [4.78, 5) is 11.9. The molecule has 3 fully saturated rings. The number of carbonyl (C=O) groups excluding carboxylic acids is 1. The summed E-state index contributed by atoms with van der Waals surface area (Å²) in [6, 6.07) is 0. The van der Waals surface area contributed by atoms with Crippen molar-refractivity contribution in [3.8, 4) is 0 Å². The van der Waals surface area contributed by atoms with Crippen molar-refractivity contribution in [3.63, 3.8) is 0 Å². The molecule has 128 valence electrons. The van der Waals surface area contributed by atoms with E-state index in [2.05, 4.69) is 25.2 Å². The van der Waals surface area contributed by atoms with Crippen LogP contribution in [0.4, 0.5) is 0 Å². The van der Waals surface area contributed by atoms with Crippen molar-refractivity contribution in [1.82, 2.24) is 5.32 Å². The minimum absolute atomic E-state index is 0.0436. The van der Waals surface area contributed by atoms with Gasteiger partial charge in [0.15, 0.2) is 0 Å². The fraction of sp³-hybridized carbons (Fsp3) is 0.850. The number of nitrogens with one attached hydrogen (secondary N) is 1. The molecule has 0 aromatic carbocycles. The summed E-state index contributed by atoms with van der Waals surface area (Å²) in [6.45, 7) is 4.82. The molecule has 3 heteroatoms. The minimum Gasteiger partial charge on any atom is -0.381 e. The molecule has 3 nitrogen and oxygen atoms in total. The van der Waals surface area contributed by atoms with Crippen LogP contribution in [0.2, 0.25) is 0 Å². The number of hydrogen-bond acceptors (Lipinski definition) is 2. The Kier molecular flexibility index (Phi) is 3.64. The molecule has 0 aromatic heterocycles. The number of fused-ring (bicyclic) bond motifs is 5. The van der Waals surface area contributed by atoms with E-state index < -0.39 is 0 Å². The molecule has 1 heterocycles. The number of piperidine rings is 1. The van der Waals surface area contributed by atoms with Crippen LogP contribution in [0.3, 0.4) is 0 Å². The second kappa shape index (κ2) is 5.34. The monoisotopic (exact) mass is 317 g/mol. The lowest BCUT2D eigenvalue weighted by atomic mass is 9.48. The van der Waals surface area contributed by atoms with Gasteiger partial charge in [0.25, 0.3) is 0 Å². The normalized spacial score (nSPS) is 49.3. The van der Waals surface area contributed by atoms with E-state index in [0.29, 0.717) is 17.4 Å². The van der Waals surface area contributed by atoms with Crippen LogP contribution < -0.4 is 5.32 Å². The van der Waals surface area contributed by atoms with Crippen molar-refractivity contribution in [3.05, 3.63) is 11.6 Å². The van der Waals surface area contributed by atoms with Gasteiger partial charge in [0.1, 0.15) is 0 Å². The summed E-state index contributed by atoms with van der Waals surface area (Å²) in [5, 5.41) is 3.35. The molecule has 1 saturated heterocycles. The van der Waals surface area contributed by atoms with Gasteiger partial charge in [0, 0.05) is 19.1 Å². The lowest BCUT2D eigenvalue weighted by Gasteiger charge is -2.59. The van der Waals surface area contributed by atoms with Crippen LogP contribution in [0.15, 0.2) is 11.6 Å². The predicted octanol–water partition coefficient (Wildman–Crippen LogP) is 3.83. The van der Waals surface area contributed by atoms with Gasteiger partial charge in [0.05, 0.1) is 6.10 Å². The highest BCUT2D eigenvalue weighted by molar-refractivity contribution is 5.77. The van der Waals surface area contributed by atoms with Crippen LogP contribution in [-0.4, -0.2) is 24.7 Å². The number of carbonyl (C=O) groups is 1. The zero-order valence-corrected chi connectivity index (χ0v) is 14.9. The molecule has 4 aliphatic rings. The smallest absolute Gasteiger partial charge is 0.220 e. The first kappa shape index (κ1) is 15.7. The van der Waals surface area contributed by atoms with E-state index in [4.69, 9.17) is 4.74 Å². The molecular weight excluding hydrogens is 286 g/mol. The Hall–Kier alpha value is -0.830. The molecule has 6 unspecified atom stereocenters. The maximum Gasteiger partial charge on any atom is 0.220 e. The van der Waals surface area contributed by atoms with E-state index in [9.17, 15) is 4.79 Å². The van der Waals surface area contributed by atoms with Crippen LogP contribution in [0, 0.1) is 23.2 Å². The molecule has 4 rings (SSSR count). The van der Waals surface area contributed by atoms with Gasteiger partial charge < -0.3 is 10.1 Å². The highest BCUT2D eigenvalue weighted by Crippen LogP contribution is 2.60. The van der Waals surface area contributed by atoms with Crippen LogP contribution in [0.25, 0.3) is 0 Å². The minimum atomic E-state index is 0.0436. The second-order valence-electron chi connectivity index (χ2n) is 8.90. The van der Waals surface area contributed by atoms with E-state index in [1.807, 2.05) is 7.11 Å². The van der Waals surface area contributed by atoms with Crippen molar-refractivity contribution in [1.29, 1.82) is 0 Å². The molecule has 0 bridgehead atoms. The summed E-state index contributed by atoms with van der Waals surface area (Å²) >= 11 is 0. The van der Waals surface area contributed by atoms with Gasteiger partial charge in [-0.05, 0) is 75.0 Å². The van der Waals surface area contributed by atoms with Gasteiger partial charge in [-0.3, -0.25) is 4.79 Å². The third-order valence-electron chi connectivity index (χ3n) is 7.89. The largest absolute Gasteiger partial charge is 0.381 e. The van der Waals surface area contributed by atoms with Gasteiger partial charge in [-0.15, -0.1) is 0 Å². The standard InChI is InChI=1S/C20H31NO2/c1-19-10-8-14(23-3)12-13(19)4-5-15-16(19)9-11-20(2)17(15)6-7-18(22)21-20/h4,14-17H,5-12H2,1-3H3,(H,21,22). The van der Waals surface area contributed by atoms with E-state index >= 15 is 0 Å². The molecule has 2 saturated carbocycles. The van der Waals surface area contributed by atoms with Crippen LogP contribution in [0.1, 0.15) is 65.2 Å². The molecular formula is C20H31NO2. The average Bonchev–Trinajstić information content (AvgIpc) is 2.52. The van der Waals surface area contributed by atoms with Crippen LogP contribution in [0.5, 0.6) is 0 Å². The first-order valence-corrected chi connectivity index (χ1v) is 9.49. The first-order chi connectivity index (χ1) is 11.0. The van der Waals surface area contributed by atoms with Gasteiger partial charge in [-0.1, -0.05) is 18.6 Å². The summed E-state index contributed by atoms with van der Waals surface area (Å²) in [5.41, 5.74) is 2.09. The van der Waals surface area contributed by atoms with Gasteiger partial charge in [-0.2, -0.15) is 0 Å². The topological polar surface area (TPSA) is 38.3 Å². The van der Waals surface area contributed by atoms with E-state index in [1.165, 1.54) is 25.7 Å².